The Morgan fingerprint density at radius 2 is 1.82 bits per heavy atom. The summed E-state index contributed by atoms with van der Waals surface area (Å²) in [5.41, 5.74) is 4.22. The summed E-state index contributed by atoms with van der Waals surface area (Å²) in [6.07, 6.45) is 1.15. The van der Waals surface area contributed by atoms with Crippen LogP contribution in [0.1, 0.15) is 49.8 Å². The maximum absolute atomic E-state index is 14.4. The highest BCUT2D eigenvalue weighted by Crippen LogP contribution is 2.49. The highest BCUT2D eigenvalue weighted by molar-refractivity contribution is 7.15. The number of aromatic nitrogens is 1. The maximum atomic E-state index is 14.4. The molecule has 2 aliphatic rings. The predicted molar refractivity (Wildman–Crippen MR) is 146 cm³/mol. The smallest absolute Gasteiger partial charge is 0.367 e. The van der Waals surface area contributed by atoms with Gasteiger partial charge >= 0.3 is 5.91 Å². The molecule has 3 atom stereocenters. The lowest BCUT2D eigenvalue weighted by Crippen LogP contribution is -2.57. The number of nitrogens with one attached hydrogen (secondary N) is 1. The van der Waals surface area contributed by atoms with Gasteiger partial charge in [0.25, 0.3) is 5.91 Å². The summed E-state index contributed by atoms with van der Waals surface area (Å²) in [4.78, 5) is 33.2. The van der Waals surface area contributed by atoms with Crippen molar-refractivity contribution in [2.24, 2.45) is 11.8 Å². The molecule has 3 heterocycles. The second-order valence-electron chi connectivity index (χ2n) is 11.1. The highest BCUT2D eigenvalue weighted by Gasteiger charge is 2.59. The van der Waals surface area contributed by atoms with Crippen LogP contribution in [-0.4, -0.2) is 47.0 Å². The largest absolute Gasteiger partial charge is 0.464 e. The monoisotopic (exact) mass is 550 g/mol. The van der Waals surface area contributed by atoms with Crippen LogP contribution in [0.2, 0.25) is 0 Å². The molecule has 202 valence electrons. The van der Waals surface area contributed by atoms with Crippen LogP contribution < -0.4 is 5.32 Å². The summed E-state index contributed by atoms with van der Waals surface area (Å²) >= 11 is 1.45. The third-order valence-corrected chi connectivity index (χ3v) is 9.19. The first-order valence-electron chi connectivity index (χ1n) is 13.1. The normalized spacial score (nSPS) is 23.7. The Balaban J connectivity index is 1.35. The highest BCUT2D eigenvalue weighted by atomic mass is 32.1. The summed E-state index contributed by atoms with van der Waals surface area (Å²) in [6, 6.07) is 13.2. The standard InChI is InChI=1S/C30H29F2N3O3S/c1-17-6-4-7-20(10-17)27-26(34-19(3)39-27)29(37)35(13-21-11-30(31,32)12-22(21)14-35)16-33-28(36)23-8-5-9-24-25(23)18(2)15-38-24/h4-10,15,21-22H,11-14,16H2,1-3H3/p+1/t21-,22+,35?. The average molecular weight is 551 g/mol. The topological polar surface area (TPSA) is 72.2 Å². The number of thiazole rings is 1. The molecule has 2 aromatic carbocycles. The molecule has 1 aliphatic carbocycles. The number of alkyl halides is 2. The molecule has 4 aromatic rings. The Morgan fingerprint density at radius 1 is 1.10 bits per heavy atom. The number of carbonyl (C=O) groups is 2. The summed E-state index contributed by atoms with van der Waals surface area (Å²) in [5, 5.41) is 4.47. The fourth-order valence-electron chi connectivity index (χ4n) is 6.48. The Morgan fingerprint density at radius 3 is 2.54 bits per heavy atom. The zero-order chi connectivity index (χ0) is 27.5. The zero-order valence-corrected chi connectivity index (χ0v) is 22.9. The number of fused-ring (bicyclic) bond motifs is 2. The van der Waals surface area contributed by atoms with Gasteiger partial charge in [-0.2, -0.15) is 0 Å². The lowest BCUT2D eigenvalue weighted by atomic mass is 10.0. The molecule has 2 fully saturated rings. The van der Waals surface area contributed by atoms with Gasteiger partial charge in [0.05, 0.1) is 34.8 Å². The van der Waals surface area contributed by atoms with E-state index in [-0.39, 0.29) is 60.7 Å². The van der Waals surface area contributed by atoms with Crippen molar-refractivity contribution in [2.75, 3.05) is 19.8 Å². The molecule has 39 heavy (non-hydrogen) atoms. The van der Waals surface area contributed by atoms with Crippen molar-refractivity contribution in [2.45, 2.75) is 39.5 Å². The van der Waals surface area contributed by atoms with Crippen molar-refractivity contribution in [1.82, 2.24) is 10.3 Å². The van der Waals surface area contributed by atoms with Crippen molar-refractivity contribution < 1.29 is 27.3 Å². The van der Waals surface area contributed by atoms with Crippen LogP contribution >= 0.6 is 11.3 Å². The van der Waals surface area contributed by atoms with Crippen LogP contribution in [-0.2, 0) is 0 Å². The van der Waals surface area contributed by atoms with Gasteiger partial charge < -0.3 is 9.73 Å². The first-order chi connectivity index (χ1) is 18.6. The van der Waals surface area contributed by atoms with Gasteiger partial charge in [0.1, 0.15) is 5.58 Å². The van der Waals surface area contributed by atoms with Gasteiger partial charge in [0.15, 0.2) is 12.4 Å². The van der Waals surface area contributed by atoms with Crippen LogP contribution in [0.25, 0.3) is 21.4 Å². The molecule has 9 heteroatoms. The molecule has 1 saturated carbocycles. The number of carbonyl (C=O) groups excluding carboxylic acids is 2. The van der Waals surface area contributed by atoms with E-state index in [1.807, 2.05) is 45.0 Å². The number of quaternary nitrogens is 1. The average Bonchev–Trinajstić information content (AvgIpc) is 3.62. The number of amides is 2. The third-order valence-electron chi connectivity index (χ3n) is 8.17. The van der Waals surface area contributed by atoms with E-state index in [0.717, 1.165) is 32.0 Å². The SMILES string of the molecule is Cc1cccc(-c2sc(C)nc2C(=O)[N+]2(CNC(=O)c3cccc4occ(C)c34)C[C@H]3CC(F)(F)C[C@H]3C2)c1. The summed E-state index contributed by atoms with van der Waals surface area (Å²) in [5.74, 6) is -3.85. The van der Waals surface area contributed by atoms with E-state index in [4.69, 9.17) is 4.42 Å². The van der Waals surface area contributed by atoms with E-state index < -0.39 is 5.92 Å². The molecular weight excluding hydrogens is 520 g/mol. The number of benzene rings is 2. The van der Waals surface area contributed by atoms with Crippen molar-refractivity contribution in [3.05, 3.63) is 76.1 Å². The Hall–Kier alpha value is -3.43. The molecule has 0 bridgehead atoms. The minimum Gasteiger partial charge on any atom is -0.464 e. The molecule has 0 spiro atoms. The van der Waals surface area contributed by atoms with Crippen molar-refractivity contribution in [1.29, 1.82) is 0 Å². The molecule has 2 amide bonds. The lowest BCUT2D eigenvalue weighted by Gasteiger charge is -2.32. The molecule has 2 aromatic heterocycles. The first kappa shape index (κ1) is 25.8. The third kappa shape index (κ3) is 4.57. The number of rotatable bonds is 5. The van der Waals surface area contributed by atoms with Crippen LogP contribution in [0, 0.1) is 32.6 Å². The summed E-state index contributed by atoms with van der Waals surface area (Å²) in [7, 11) is 0. The van der Waals surface area contributed by atoms with E-state index in [2.05, 4.69) is 10.3 Å². The summed E-state index contributed by atoms with van der Waals surface area (Å²) in [6.45, 7) is 6.23. The van der Waals surface area contributed by atoms with Gasteiger partial charge in [0.2, 0.25) is 5.92 Å². The molecular formula is C30H30F2N3O3S+. The molecule has 6 rings (SSSR count). The molecule has 1 aliphatic heterocycles. The second-order valence-corrected chi connectivity index (χ2v) is 12.3. The van der Waals surface area contributed by atoms with Crippen LogP contribution in [0.15, 0.2) is 53.1 Å². The van der Waals surface area contributed by atoms with Crippen LogP contribution in [0.5, 0.6) is 0 Å². The van der Waals surface area contributed by atoms with E-state index in [1.165, 1.54) is 11.3 Å². The van der Waals surface area contributed by atoms with Crippen LogP contribution in [0.4, 0.5) is 8.78 Å². The Kier molecular flexibility index (Phi) is 6.19. The quantitative estimate of drug-likeness (QED) is 0.288. The first-order valence-corrected chi connectivity index (χ1v) is 14.0. The van der Waals surface area contributed by atoms with Gasteiger partial charge in [-0.05, 0) is 44.0 Å². The predicted octanol–water partition coefficient (Wildman–Crippen LogP) is 6.50. The van der Waals surface area contributed by atoms with E-state index in [1.54, 1.807) is 24.5 Å². The lowest BCUT2D eigenvalue weighted by molar-refractivity contribution is -0.842. The van der Waals surface area contributed by atoms with Crippen LogP contribution in [0.3, 0.4) is 0 Å². The molecule has 1 N–H and O–H groups in total. The second kappa shape index (κ2) is 9.34. The molecule has 1 unspecified atom stereocenters. The number of halogens is 2. The number of furan rings is 1. The van der Waals surface area contributed by atoms with Gasteiger partial charge in [-0.3, -0.25) is 4.79 Å². The molecule has 6 nitrogen and oxygen atoms in total. The fourth-order valence-corrected chi connectivity index (χ4v) is 7.39. The van der Waals surface area contributed by atoms with Crippen molar-refractivity contribution >= 4 is 34.1 Å². The van der Waals surface area contributed by atoms with E-state index in [0.29, 0.717) is 16.8 Å². The molecule has 1 saturated heterocycles. The molecule has 0 radical (unpaired) electrons. The summed E-state index contributed by atoms with van der Waals surface area (Å²) < 4.78 is 34.0. The van der Waals surface area contributed by atoms with Gasteiger partial charge in [-0.25, -0.2) is 23.0 Å². The Bertz CT molecular complexity index is 1590. The van der Waals surface area contributed by atoms with Gasteiger partial charge in [-0.1, -0.05) is 35.9 Å². The Labute approximate surface area is 229 Å². The number of hydrogen-bond donors (Lipinski definition) is 1. The maximum Gasteiger partial charge on any atom is 0.367 e. The fraction of sp³-hybridized carbons (Fsp3) is 0.367. The van der Waals surface area contributed by atoms with Gasteiger partial charge in [-0.15, -0.1) is 11.3 Å². The number of hydrogen-bond acceptors (Lipinski definition) is 5. The van der Waals surface area contributed by atoms with Crippen molar-refractivity contribution in [3.63, 3.8) is 0 Å². The van der Waals surface area contributed by atoms with Crippen molar-refractivity contribution in [3.8, 4) is 10.4 Å². The number of likely N-dealkylation sites (tertiary alicyclic amines) is 1. The van der Waals surface area contributed by atoms with Gasteiger partial charge in [0, 0.05) is 30.1 Å². The minimum absolute atomic E-state index is 0.00730. The number of aryl methyl sites for hydroxylation is 3. The van der Waals surface area contributed by atoms with E-state index >= 15 is 0 Å². The number of nitrogens with zero attached hydrogens (tertiary/aromatic N) is 2. The van der Waals surface area contributed by atoms with E-state index in [9.17, 15) is 18.4 Å². The zero-order valence-electron chi connectivity index (χ0n) is 22.1. The minimum atomic E-state index is -2.71.